The Balaban J connectivity index is 2.73. The third kappa shape index (κ3) is 1.99. The van der Waals surface area contributed by atoms with Crippen LogP contribution in [0.15, 0.2) is 0 Å². The third-order valence-electron chi connectivity index (χ3n) is 2.64. The second kappa shape index (κ2) is 4.13. The molecular formula is C10H9F3N2O3. The van der Waals surface area contributed by atoms with Gasteiger partial charge in [0.15, 0.2) is 5.69 Å². The number of carboxylic acids is 1. The van der Waals surface area contributed by atoms with E-state index in [1.165, 1.54) is 0 Å². The summed E-state index contributed by atoms with van der Waals surface area (Å²) >= 11 is 0. The highest BCUT2D eigenvalue weighted by Gasteiger charge is 2.39. The van der Waals surface area contributed by atoms with Gasteiger partial charge in [0.1, 0.15) is 0 Å². The fraction of sp³-hybridized carbons (Fsp3) is 0.400. The van der Waals surface area contributed by atoms with Gasteiger partial charge in [-0.3, -0.25) is 0 Å². The molecule has 0 radical (unpaired) electrons. The Morgan fingerprint density at radius 3 is 2.67 bits per heavy atom. The molecule has 0 spiro atoms. The molecule has 0 aromatic carbocycles. The van der Waals surface area contributed by atoms with Gasteiger partial charge in [-0.25, -0.2) is 9.78 Å². The van der Waals surface area contributed by atoms with Crippen LogP contribution in [0.25, 0.3) is 0 Å². The lowest BCUT2D eigenvalue weighted by Gasteiger charge is -2.21. The molecule has 0 bridgehead atoms. The van der Waals surface area contributed by atoms with Gasteiger partial charge in [-0.05, 0) is 12.0 Å². The largest absolute Gasteiger partial charge is 0.478 e. The van der Waals surface area contributed by atoms with Gasteiger partial charge in [0.25, 0.3) is 0 Å². The second-order valence-electron chi connectivity index (χ2n) is 3.78. The van der Waals surface area contributed by atoms with Crippen molar-refractivity contribution >= 4 is 11.7 Å². The van der Waals surface area contributed by atoms with Crippen LogP contribution in [-0.4, -0.2) is 22.7 Å². The predicted molar refractivity (Wildman–Crippen MR) is 54.0 cm³/mol. The summed E-state index contributed by atoms with van der Waals surface area (Å²) in [7, 11) is 0. The van der Waals surface area contributed by atoms with Crippen molar-refractivity contribution in [3.8, 4) is 0 Å². The minimum absolute atomic E-state index is 0.0137. The number of anilines is 1. The van der Waals surface area contributed by atoms with Crippen molar-refractivity contribution in [2.75, 3.05) is 12.3 Å². The molecule has 1 aromatic rings. The molecule has 0 atom stereocenters. The van der Waals surface area contributed by atoms with Gasteiger partial charge < -0.3 is 15.6 Å². The average molecular weight is 262 g/mol. The molecule has 0 saturated carbocycles. The summed E-state index contributed by atoms with van der Waals surface area (Å²) in [6.45, 7) is 0.0960. The Morgan fingerprint density at radius 2 is 2.11 bits per heavy atom. The molecule has 8 heteroatoms. The number of nitrogens with zero attached hydrogens (tertiary/aromatic N) is 1. The average Bonchev–Trinajstić information content (AvgIpc) is 2.26. The van der Waals surface area contributed by atoms with Gasteiger partial charge in [0, 0.05) is 0 Å². The van der Waals surface area contributed by atoms with Gasteiger partial charge in [-0.1, -0.05) is 0 Å². The Morgan fingerprint density at radius 1 is 1.44 bits per heavy atom. The topological polar surface area (TPSA) is 85.4 Å². The number of carbonyl (C=O) groups is 1. The van der Waals surface area contributed by atoms with Crippen LogP contribution in [0.4, 0.5) is 18.9 Å². The Labute approximate surface area is 99.4 Å². The maximum atomic E-state index is 12.7. The lowest BCUT2D eigenvalue weighted by molar-refractivity contribution is -0.140. The van der Waals surface area contributed by atoms with E-state index in [1.807, 2.05) is 0 Å². The van der Waals surface area contributed by atoms with E-state index < -0.39 is 29.1 Å². The number of pyridine rings is 1. The van der Waals surface area contributed by atoms with E-state index >= 15 is 0 Å². The number of carboxylic acid groups (broad SMARTS) is 1. The quantitative estimate of drug-likeness (QED) is 0.800. The first-order valence-electron chi connectivity index (χ1n) is 5.02. The summed E-state index contributed by atoms with van der Waals surface area (Å²) in [4.78, 5) is 14.4. The summed E-state index contributed by atoms with van der Waals surface area (Å²) in [5.74, 6) is -1.49. The molecule has 0 aliphatic carbocycles. The number of aromatic carboxylic acids is 1. The summed E-state index contributed by atoms with van der Waals surface area (Å²) in [6.07, 6.45) is -4.60. The molecule has 18 heavy (non-hydrogen) atoms. The van der Waals surface area contributed by atoms with Crippen LogP contribution >= 0.6 is 0 Å². The van der Waals surface area contributed by atoms with Crippen LogP contribution in [0.5, 0.6) is 0 Å². The van der Waals surface area contributed by atoms with Gasteiger partial charge in [-0.2, -0.15) is 13.2 Å². The van der Waals surface area contributed by atoms with Gasteiger partial charge >= 0.3 is 12.1 Å². The number of hydrogen-bond donors (Lipinski definition) is 2. The van der Waals surface area contributed by atoms with Crippen LogP contribution in [0.1, 0.15) is 27.3 Å². The zero-order valence-electron chi connectivity index (χ0n) is 9.04. The van der Waals surface area contributed by atoms with E-state index in [4.69, 9.17) is 15.6 Å². The summed E-state index contributed by atoms with van der Waals surface area (Å²) < 4.78 is 43.0. The predicted octanol–water partition coefficient (Wildman–Crippen LogP) is 1.45. The van der Waals surface area contributed by atoms with E-state index in [2.05, 4.69) is 4.98 Å². The molecule has 3 N–H and O–H groups in total. The van der Waals surface area contributed by atoms with E-state index in [1.54, 1.807) is 0 Å². The maximum Gasteiger partial charge on any atom is 0.435 e. The summed E-state index contributed by atoms with van der Waals surface area (Å²) in [5, 5.41) is 9.00. The zero-order chi connectivity index (χ0) is 13.5. The Kier molecular flexibility index (Phi) is 2.89. The highest BCUT2D eigenvalue weighted by molar-refractivity contribution is 5.96. The fourth-order valence-corrected chi connectivity index (χ4v) is 1.88. The molecule has 5 nitrogen and oxygen atoms in total. The number of alkyl halides is 3. The van der Waals surface area contributed by atoms with E-state index in [0.29, 0.717) is 0 Å². The molecule has 0 saturated heterocycles. The third-order valence-corrected chi connectivity index (χ3v) is 2.64. The molecular weight excluding hydrogens is 253 g/mol. The first-order valence-corrected chi connectivity index (χ1v) is 5.02. The molecule has 1 aliphatic rings. The number of nitrogen functional groups attached to an aromatic ring is 1. The number of ether oxygens (including phenoxy) is 1. The van der Waals surface area contributed by atoms with E-state index in [0.717, 1.165) is 0 Å². The molecule has 0 unspecified atom stereocenters. The first-order chi connectivity index (χ1) is 8.32. The molecule has 98 valence electrons. The number of rotatable bonds is 1. The second-order valence-corrected chi connectivity index (χ2v) is 3.78. The van der Waals surface area contributed by atoms with Crippen LogP contribution < -0.4 is 5.73 Å². The first kappa shape index (κ1) is 12.6. The van der Waals surface area contributed by atoms with Crippen LogP contribution in [0.2, 0.25) is 0 Å². The minimum atomic E-state index is -4.79. The van der Waals surface area contributed by atoms with Gasteiger partial charge in [0.05, 0.1) is 30.2 Å². The van der Waals surface area contributed by atoms with Crippen LogP contribution in [0, 0.1) is 0 Å². The van der Waals surface area contributed by atoms with Crippen LogP contribution in [0.3, 0.4) is 0 Å². The monoisotopic (exact) mass is 262 g/mol. The highest BCUT2D eigenvalue weighted by atomic mass is 19.4. The SMILES string of the molecule is Nc1c(C(F)(F)F)nc2c(c1C(=O)O)CCOC2. The summed E-state index contributed by atoms with van der Waals surface area (Å²) in [6, 6.07) is 0. The van der Waals surface area contributed by atoms with Crippen molar-refractivity contribution < 1.29 is 27.8 Å². The lowest BCUT2D eigenvalue weighted by Crippen LogP contribution is -2.23. The molecule has 1 aliphatic heterocycles. The smallest absolute Gasteiger partial charge is 0.435 e. The Hall–Kier alpha value is -1.83. The number of halogens is 3. The molecule has 2 rings (SSSR count). The lowest BCUT2D eigenvalue weighted by atomic mass is 9.98. The maximum absolute atomic E-state index is 12.7. The van der Waals surface area contributed by atoms with E-state index in [-0.39, 0.29) is 30.9 Å². The van der Waals surface area contributed by atoms with Crippen molar-refractivity contribution in [2.24, 2.45) is 0 Å². The fourth-order valence-electron chi connectivity index (χ4n) is 1.88. The number of fused-ring (bicyclic) bond motifs is 1. The zero-order valence-corrected chi connectivity index (χ0v) is 9.04. The summed E-state index contributed by atoms with van der Waals surface area (Å²) in [5.41, 5.74) is 2.77. The van der Waals surface area contributed by atoms with Crippen molar-refractivity contribution in [2.45, 2.75) is 19.2 Å². The standard InChI is InChI=1S/C10H9F3N2O3/c11-10(12,13)8-7(14)6(9(16)17)4-1-2-18-3-5(4)15-8/h1-3,14H2,(H,16,17). The van der Waals surface area contributed by atoms with Crippen molar-refractivity contribution in [3.63, 3.8) is 0 Å². The normalized spacial score (nSPS) is 15.3. The Bertz CT molecular complexity index is 514. The highest BCUT2D eigenvalue weighted by Crippen LogP contribution is 2.36. The number of hydrogen-bond acceptors (Lipinski definition) is 4. The van der Waals surface area contributed by atoms with Crippen molar-refractivity contribution in [1.29, 1.82) is 0 Å². The van der Waals surface area contributed by atoms with Crippen LogP contribution in [-0.2, 0) is 23.9 Å². The van der Waals surface area contributed by atoms with Gasteiger partial charge in [-0.15, -0.1) is 0 Å². The van der Waals surface area contributed by atoms with Crippen molar-refractivity contribution in [3.05, 3.63) is 22.5 Å². The number of nitrogens with two attached hydrogens (primary N) is 1. The van der Waals surface area contributed by atoms with E-state index in [9.17, 15) is 18.0 Å². The molecule has 2 heterocycles. The molecule has 0 fully saturated rings. The molecule has 0 amide bonds. The minimum Gasteiger partial charge on any atom is -0.478 e. The molecule has 1 aromatic heterocycles. The number of aromatic nitrogens is 1. The van der Waals surface area contributed by atoms with Gasteiger partial charge in [0.2, 0.25) is 0 Å². The van der Waals surface area contributed by atoms with Crippen molar-refractivity contribution in [1.82, 2.24) is 4.98 Å².